The van der Waals surface area contributed by atoms with E-state index in [0.29, 0.717) is 5.56 Å². The average molecular weight is 398 g/mol. The van der Waals surface area contributed by atoms with Crippen molar-refractivity contribution in [3.05, 3.63) is 82.3 Å². The fraction of sp³-hybridized carbons (Fsp3) is 0.143. The molecule has 0 saturated heterocycles. The maximum absolute atomic E-state index is 13.6. The SMILES string of the molecule is CC(NC(=O)c1ccccc1OCC(=O)Nc1ccccc1F)c1cccs1. The second-order valence-corrected chi connectivity index (χ2v) is 7.00. The normalized spacial score (nSPS) is 11.5. The first-order valence-corrected chi connectivity index (χ1v) is 9.53. The number of anilines is 1. The molecule has 1 heterocycles. The van der Waals surface area contributed by atoms with E-state index in [1.165, 1.54) is 18.2 Å². The van der Waals surface area contributed by atoms with Crippen LogP contribution in [-0.2, 0) is 4.79 Å². The number of ether oxygens (including phenoxy) is 1. The van der Waals surface area contributed by atoms with Crippen molar-refractivity contribution in [3.63, 3.8) is 0 Å². The summed E-state index contributed by atoms with van der Waals surface area (Å²) in [4.78, 5) is 25.7. The van der Waals surface area contributed by atoms with E-state index in [2.05, 4.69) is 10.6 Å². The van der Waals surface area contributed by atoms with E-state index in [1.807, 2.05) is 24.4 Å². The minimum atomic E-state index is -0.529. The van der Waals surface area contributed by atoms with Gasteiger partial charge in [0.25, 0.3) is 11.8 Å². The van der Waals surface area contributed by atoms with Gasteiger partial charge in [0.05, 0.1) is 17.3 Å². The monoisotopic (exact) mass is 398 g/mol. The Morgan fingerprint density at radius 1 is 1.07 bits per heavy atom. The Morgan fingerprint density at radius 2 is 1.82 bits per heavy atom. The van der Waals surface area contributed by atoms with Gasteiger partial charge in [0.15, 0.2) is 6.61 Å². The second-order valence-electron chi connectivity index (χ2n) is 6.02. The van der Waals surface area contributed by atoms with Crippen LogP contribution in [0.5, 0.6) is 5.75 Å². The molecule has 0 aliphatic rings. The molecular weight excluding hydrogens is 379 g/mol. The first kappa shape index (κ1) is 19.6. The molecule has 1 atom stereocenters. The molecule has 0 aliphatic carbocycles. The highest BCUT2D eigenvalue weighted by atomic mass is 32.1. The van der Waals surface area contributed by atoms with Crippen molar-refractivity contribution in [2.75, 3.05) is 11.9 Å². The number of carbonyl (C=O) groups excluding carboxylic acids is 2. The maximum atomic E-state index is 13.6. The van der Waals surface area contributed by atoms with Crippen LogP contribution >= 0.6 is 11.3 Å². The van der Waals surface area contributed by atoms with Crippen molar-refractivity contribution in [2.45, 2.75) is 13.0 Å². The lowest BCUT2D eigenvalue weighted by Gasteiger charge is -2.15. The van der Waals surface area contributed by atoms with E-state index in [0.717, 1.165) is 4.88 Å². The first-order valence-electron chi connectivity index (χ1n) is 8.65. The topological polar surface area (TPSA) is 67.4 Å². The van der Waals surface area contributed by atoms with Crippen LogP contribution in [0.1, 0.15) is 28.2 Å². The van der Waals surface area contributed by atoms with Gasteiger partial charge >= 0.3 is 0 Å². The van der Waals surface area contributed by atoms with E-state index in [4.69, 9.17) is 4.74 Å². The minimum absolute atomic E-state index is 0.0758. The van der Waals surface area contributed by atoms with Crippen molar-refractivity contribution in [2.24, 2.45) is 0 Å². The number of para-hydroxylation sites is 2. The van der Waals surface area contributed by atoms with E-state index in [1.54, 1.807) is 41.7 Å². The van der Waals surface area contributed by atoms with E-state index in [9.17, 15) is 14.0 Å². The van der Waals surface area contributed by atoms with Crippen LogP contribution in [0.2, 0.25) is 0 Å². The summed E-state index contributed by atoms with van der Waals surface area (Å²) in [5.41, 5.74) is 0.400. The number of benzene rings is 2. The molecule has 0 saturated carbocycles. The third-order valence-corrected chi connectivity index (χ3v) is 5.01. The molecule has 7 heteroatoms. The molecule has 144 valence electrons. The molecule has 3 aromatic rings. The standard InChI is InChI=1S/C21H19FN2O3S/c1-14(19-11-6-12-28-19)23-21(26)15-7-2-5-10-18(15)27-13-20(25)24-17-9-4-3-8-16(17)22/h2-12,14H,13H2,1H3,(H,23,26)(H,24,25). The fourth-order valence-corrected chi connectivity index (χ4v) is 3.29. The van der Waals surface area contributed by atoms with Gasteiger partial charge < -0.3 is 15.4 Å². The van der Waals surface area contributed by atoms with Gasteiger partial charge in [-0.05, 0) is 42.6 Å². The Balaban J connectivity index is 1.62. The van der Waals surface area contributed by atoms with Gasteiger partial charge in [-0.3, -0.25) is 9.59 Å². The van der Waals surface area contributed by atoms with E-state index >= 15 is 0 Å². The molecule has 1 unspecified atom stereocenters. The molecule has 0 aliphatic heterocycles. The summed E-state index contributed by atoms with van der Waals surface area (Å²) < 4.78 is 19.1. The quantitative estimate of drug-likeness (QED) is 0.620. The van der Waals surface area contributed by atoms with Gasteiger partial charge in [0.2, 0.25) is 0 Å². The van der Waals surface area contributed by atoms with Crippen LogP contribution in [0.3, 0.4) is 0 Å². The summed E-state index contributed by atoms with van der Waals surface area (Å²) in [5, 5.41) is 7.30. The van der Waals surface area contributed by atoms with Gasteiger partial charge in [0.1, 0.15) is 11.6 Å². The minimum Gasteiger partial charge on any atom is -0.483 e. The smallest absolute Gasteiger partial charge is 0.262 e. The van der Waals surface area contributed by atoms with Gasteiger partial charge in [-0.25, -0.2) is 4.39 Å². The number of nitrogens with one attached hydrogen (secondary N) is 2. The molecule has 2 aromatic carbocycles. The molecule has 3 rings (SSSR count). The Bertz CT molecular complexity index is 960. The van der Waals surface area contributed by atoms with Crippen molar-refractivity contribution in [1.29, 1.82) is 0 Å². The number of halogens is 1. The third kappa shape index (κ3) is 4.95. The van der Waals surface area contributed by atoms with Crippen LogP contribution < -0.4 is 15.4 Å². The number of rotatable bonds is 7. The zero-order chi connectivity index (χ0) is 19.9. The van der Waals surface area contributed by atoms with Crippen molar-refractivity contribution in [1.82, 2.24) is 5.32 Å². The molecule has 0 fully saturated rings. The zero-order valence-corrected chi connectivity index (χ0v) is 16.0. The van der Waals surface area contributed by atoms with Crippen molar-refractivity contribution in [3.8, 4) is 5.75 Å². The predicted molar refractivity (Wildman–Crippen MR) is 107 cm³/mol. The van der Waals surface area contributed by atoms with Crippen LogP contribution in [0, 0.1) is 5.82 Å². The molecular formula is C21H19FN2O3S. The Kier molecular flexibility index (Phi) is 6.39. The lowest BCUT2D eigenvalue weighted by atomic mass is 10.1. The van der Waals surface area contributed by atoms with Crippen LogP contribution in [0.25, 0.3) is 0 Å². The average Bonchev–Trinajstić information content (AvgIpc) is 3.23. The summed E-state index contributed by atoms with van der Waals surface area (Å²) in [6.45, 7) is 1.55. The molecule has 28 heavy (non-hydrogen) atoms. The van der Waals surface area contributed by atoms with E-state index in [-0.39, 0.29) is 30.0 Å². The number of hydrogen-bond acceptors (Lipinski definition) is 4. The summed E-state index contributed by atoms with van der Waals surface area (Å²) in [6, 6.07) is 16.3. The summed E-state index contributed by atoms with van der Waals surface area (Å²) in [5.74, 6) is -1.07. The number of hydrogen-bond donors (Lipinski definition) is 2. The third-order valence-electron chi connectivity index (χ3n) is 3.96. The number of carbonyl (C=O) groups is 2. The summed E-state index contributed by atoms with van der Waals surface area (Å²) in [7, 11) is 0. The predicted octanol–water partition coefficient (Wildman–Crippen LogP) is 4.40. The first-order chi connectivity index (χ1) is 13.5. The lowest BCUT2D eigenvalue weighted by molar-refractivity contribution is -0.118. The highest BCUT2D eigenvalue weighted by molar-refractivity contribution is 7.10. The Hall–Kier alpha value is -3.19. The zero-order valence-electron chi connectivity index (χ0n) is 15.1. The van der Waals surface area contributed by atoms with Crippen molar-refractivity contribution >= 4 is 28.8 Å². The van der Waals surface area contributed by atoms with Crippen LogP contribution in [-0.4, -0.2) is 18.4 Å². The number of amides is 2. The highest BCUT2D eigenvalue weighted by Crippen LogP contribution is 2.22. The van der Waals surface area contributed by atoms with Crippen LogP contribution in [0.4, 0.5) is 10.1 Å². The lowest BCUT2D eigenvalue weighted by Crippen LogP contribution is -2.27. The molecule has 2 amide bonds. The number of thiophene rings is 1. The molecule has 0 radical (unpaired) electrons. The molecule has 1 aromatic heterocycles. The Morgan fingerprint density at radius 3 is 2.57 bits per heavy atom. The van der Waals surface area contributed by atoms with Gasteiger partial charge in [-0.2, -0.15) is 0 Å². The molecule has 0 bridgehead atoms. The maximum Gasteiger partial charge on any atom is 0.262 e. The van der Waals surface area contributed by atoms with Gasteiger partial charge in [-0.15, -0.1) is 11.3 Å². The molecule has 5 nitrogen and oxygen atoms in total. The van der Waals surface area contributed by atoms with Gasteiger partial charge in [0, 0.05) is 4.88 Å². The summed E-state index contributed by atoms with van der Waals surface area (Å²) >= 11 is 1.56. The molecule has 0 spiro atoms. The summed E-state index contributed by atoms with van der Waals surface area (Å²) in [6.07, 6.45) is 0. The van der Waals surface area contributed by atoms with Crippen LogP contribution in [0.15, 0.2) is 66.0 Å². The largest absolute Gasteiger partial charge is 0.483 e. The Labute approximate surface area is 166 Å². The highest BCUT2D eigenvalue weighted by Gasteiger charge is 2.17. The van der Waals surface area contributed by atoms with Gasteiger partial charge in [-0.1, -0.05) is 30.3 Å². The fourth-order valence-electron chi connectivity index (χ4n) is 2.56. The second kappa shape index (κ2) is 9.14. The molecule has 2 N–H and O–H groups in total. The van der Waals surface area contributed by atoms with Crippen molar-refractivity contribution < 1.29 is 18.7 Å². The van der Waals surface area contributed by atoms with E-state index < -0.39 is 11.7 Å².